The maximum Gasteiger partial charge on any atom is 0.270 e. The van der Waals surface area contributed by atoms with Crippen LogP contribution < -0.4 is 4.72 Å². The Morgan fingerprint density at radius 2 is 1.89 bits per heavy atom. The molecule has 0 amide bonds. The third kappa shape index (κ3) is 3.88. The van der Waals surface area contributed by atoms with Gasteiger partial charge in [0.1, 0.15) is 11.9 Å². The summed E-state index contributed by atoms with van der Waals surface area (Å²) in [6, 6.07) is 12.1. The molecule has 0 aliphatic carbocycles. The SMILES string of the molecule is Cc1ccc([N+](=O)[O-])cc1S(=O)(=O)N[C@H](c1ccccc1)c1nccn1C. The Kier molecular flexibility index (Phi) is 5.06. The average Bonchev–Trinajstić information content (AvgIpc) is 3.06. The first-order chi connectivity index (χ1) is 12.8. The number of nitrogens with one attached hydrogen (secondary N) is 1. The molecule has 1 atom stereocenters. The highest BCUT2D eigenvalue weighted by Gasteiger charge is 2.27. The summed E-state index contributed by atoms with van der Waals surface area (Å²) >= 11 is 0. The van der Waals surface area contributed by atoms with Crippen LogP contribution in [-0.4, -0.2) is 22.9 Å². The third-order valence-electron chi connectivity index (χ3n) is 4.19. The van der Waals surface area contributed by atoms with Crippen LogP contribution in [0.25, 0.3) is 0 Å². The minimum atomic E-state index is -4.04. The molecule has 0 unspecified atom stereocenters. The zero-order valence-electron chi connectivity index (χ0n) is 14.7. The fourth-order valence-electron chi connectivity index (χ4n) is 2.78. The summed E-state index contributed by atoms with van der Waals surface area (Å²) in [7, 11) is -2.28. The van der Waals surface area contributed by atoms with E-state index in [1.54, 1.807) is 55.2 Å². The summed E-state index contributed by atoms with van der Waals surface area (Å²) in [4.78, 5) is 14.6. The van der Waals surface area contributed by atoms with Gasteiger partial charge in [-0.05, 0) is 18.1 Å². The molecule has 140 valence electrons. The molecule has 2 aromatic carbocycles. The lowest BCUT2D eigenvalue weighted by atomic mass is 10.1. The van der Waals surface area contributed by atoms with Gasteiger partial charge in [-0.2, -0.15) is 4.72 Å². The molecule has 8 nitrogen and oxygen atoms in total. The number of nitrogens with zero attached hydrogens (tertiary/aromatic N) is 3. The predicted molar refractivity (Wildman–Crippen MR) is 99.6 cm³/mol. The molecule has 0 aliphatic heterocycles. The van der Waals surface area contributed by atoms with Crippen molar-refractivity contribution in [3.05, 3.63) is 88.0 Å². The summed E-state index contributed by atoms with van der Waals surface area (Å²) in [5, 5.41) is 11.0. The van der Waals surface area contributed by atoms with E-state index >= 15 is 0 Å². The van der Waals surface area contributed by atoms with Gasteiger partial charge in [-0.3, -0.25) is 10.1 Å². The van der Waals surface area contributed by atoms with Crippen molar-refractivity contribution in [3.8, 4) is 0 Å². The Hall–Kier alpha value is -3.04. The van der Waals surface area contributed by atoms with Gasteiger partial charge in [-0.15, -0.1) is 0 Å². The quantitative estimate of drug-likeness (QED) is 0.518. The number of imidazole rings is 1. The van der Waals surface area contributed by atoms with Gasteiger partial charge < -0.3 is 4.57 Å². The van der Waals surface area contributed by atoms with Crippen LogP contribution in [0.2, 0.25) is 0 Å². The van der Waals surface area contributed by atoms with Crippen LogP contribution in [0.15, 0.2) is 65.8 Å². The van der Waals surface area contributed by atoms with Gasteiger partial charge in [0, 0.05) is 31.6 Å². The monoisotopic (exact) mass is 386 g/mol. The van der Waals surface area contributed by atoms with Crippen molar-refractivity contribution in [3.63, 3.8) is 0 Å². The first kappa shape index (κ1) is 18.7. The highest BCUT2D eigenvalue weighted by molar-refractivity contribution is 7.89. The molecule has 0 radical (unpaired) electrons. The number of rotatable bonds is 6. The largest absolute Gasteiger partial charge is 0.336 e. The summed E-state index contributed by atoms with van der Waals surface area (Å²) in [5.41, 5.74) is 0.840. The molecule has 1 heterocycles. The molecule has 9 heteroatoms. The van der Waals surface area contributed by atoms with Crippen LogP contribution in [0.5, 0.6) is 0 Å². The maximum absolute atomic E-state index is 13.0. The Labute approximate surface area is 156 Å². The molecule has 3 aromatic rings. The second-order valence-corrected chi connectivity index (χ2v) is 7.75. The normalized spacial score (nSPS) is 12.7. The van der Waals surface area contributed by atoms with E-state index in [0.29, 0.717) is 17.0 Å². The van der Waals surface area contributed by atoms with Crippen molar-refractivity contribution >= 4 is 15.7 Å². The van der Waals surface area contributed by atoms with Gasteiger partial charge in [0.05, 0.1) is 9.82 Å². The highest BCUT2D eigenvalue weighted by atomic mass is 32.2. The topological polar surface area (TPSA) is 107 Å². The van der Waals surface area contributed by atoms with Crippen LogP contribution >= 0.6 is 0 Å². The van der Waals surface area contributed by atoms with Crippen LogP contribution in [-0.2, 0) is 17.1 Å². The zero-order valence-corrected chi connectivity index (χ0v) is 15.6. The molecule has 0 bridgehead atoms. The number of nitro benzene ring substituents is 1. The minimum absolute atomic E-state index is 0.133. The van der Waals surface area contributed by atoms with Gasteiger partial charge in [0.15, 0.2) is 0 Å². The Morgan fingerprint density at radius 1 is 1.19 bits per heavy atom. The average molecular weight is 386 g/mol. The Bertz CT molecular complexity index is 1080. The first-order valence-electron chi connectivity index (χ1n) is 8.09. The predicted octanol–water partition coefficient (Wildman–Crippen LogP) is 2.70. The van der Waals surface area contributed by atoms with Crippen LogP contribution in [0.4, 0.5) is 5.69 Å². The molecule has 3 rings (SSSR count). The van der Waals surface area contributed by atoms with E-state index in [1.165, 1.54) is 12.1 Å². The number of hydrogen-bond acceptors (Lipinski definition) is 5. The Balaban J connectivity index is 2.07. The van der Waals surface area contributed by atoms with Crippen molar-refractivity contribution in [2.75, 3.05) is 0 Å². The van der Waals surface area contributed by atoms with Crippen molar-refractivity contribution in [2.24, 2.45) is 7.05 Å². The molecular weight excluding hydrogens is 368 g/mol. The number of sulfonamides is 1. The molecule has 0 spiro atoms. The van der Waals surface area contributed by atoms with Gasteiger partial charge >= 0.3 is 0 Å². The van der Waals surface area contributed by atoms with Crippen LogP contribution in [0, 0.1) is 17.0 Å². The highest BCUT2D eigenvalue weighted by Crippen LogP contribution is 2.26. The van der Waals surface area contributed by atoms with Crippen molar-refractivity contribution in [1.82, 2.24) is 14.3 Å². The number of benzene rings is 2. The van der Waals surface area contributed by atoms with E-state index in [4.69, 9.17) is 0 Å². The van der Waals surface area contributed by atoms with E-state index in [9.17, 15) is 18.5 Å². The van der Waals surface area contributed by atoms with E-state index in [0.717, 1.165) is 6.07 Å². The summed E-state index contributed by atoms with van der Waals surface area (Å²) in [5.74, 6) is 0.507. The van der Waals surface area contributed by atoms with Crippen molar-refractivity contribution in [2.45, 2.75) is 17.9 Å². The number of non-ortho nitro benzene ring substituents is 1. The smallest absolute Gasteiger partial charge is 0.270 e. The molecular formula is C18H18N4O4S. The van der Waals surface area contributed by atoms with E-state index in [1.807, 2.05) is 6.07 Å². The molecule has 0 saturated heterocycles. The second-order valence-electron chi connectivity index (χ2n) is 6.07. The third-order valence-corrected chi connectivity index (χ3v) is 5.76. The molecule has 27 heavy (non-hydrogen) atoms. The summed E-state index contributed by atoms with van der Waals surface area (Å²) in [6.45, 7) is 1.59. The van der Waals surface area contributed by atoms with Crippen LogP contribution in [0.3, 0.4) is 0 Å². The minimum Gasteiger partial charge on any atom is -0.336 e. The fraction of sp³-hybridized carbons (Fsp3) is 0.167. The number of aryl methyl sites for hydroxylation is 2. The fourth-order valence-corrected chi connectivity index (χ4v) is 4.23. The molecule has 0 saturated carbocycles. The van der Waals surface area contributed by atoms with E-state index in [2.05, 4.69) is 9.71 Å². The van der Waals surface area contributed by atoms with Crippen LogP contribution in [0.1, 0.15) is 23.0 Å². The number of nitro groups is 1. The van der Waals surface area contributed by atoms with Crippen molar-refractivity contribution < 1.29 is 13.3 Å². The number of aromatic nitrogens is 2. The zero-order chi connectivity index (χ0) is 19.6. The first-order valence-corrected chi connectivity index (χ1v) is 9.57. The molecule has 1 N–H and O–H groups in total. The van der Waals surface area contributed by atoms with Gasteiger partial charge in [0.2, 0.25) is 10.0 Å². The lowest BCUT2D eigenvalue weighted by Crippen LogP contribution is -2.31. The van der Waals surface area contributed by atoms with Gasteiger partial charge in [-0.1, -0.05) is 36.4 Å². The molecule has 1 aromatic heterocycles. The summed E-state index contributed by atoms with van der Waals surface area (Å²) in [6.07, 6.45) is 3.30. The van der Waals surface area contributed by atoms with Gasteiger partial charge in [-0.25, -0.2) is 13.4 Å². The lowest BCUT2D eigenvalue weighted by molar-refractivity contribution is -0.385. The molecule has 0 aliphatic rings. The number of hydrogen-bond donors (Lipinski definition) is 1. The lowest BCUT2D eigenvalue weighted by Gasteiger charge is -2.20. The van der Waals surface area contributed by atoms with E-state index in [-0.39, 0.29) is 10.6 Å². The molecule has 0 fully saturated rings. The van der Waals surface area contributed by atoms with E-state index < -0.39 is 21.0 Å². The second kappa shape index (κ2) is 7.29. The standard InChI is InChI=1S/C18H18N4O4S/c1-13-8-9-15(22(23)24)12-16(13)27(25,26)20-17(14-6-4-3-5-7-14)18-19-10-11-21(18)2/h3-12,17,20H,1-2H3/t17-/m1/s1. The Morgan fingerprint density at radius 3 is 2.48 bits per heavy atom. The maximum atomic E-state index is 13.0. The van der Waals surface area contributed by atoms with Gasteiger partial charge in [0.25, 0.3) is 5.69 Å². The van der Waals surface area contributed by atoms with Crippen molar-refractivity contribution in [1.29, 1.82) is 0 Å². The summed E-state index contributed by atoms with van der Waals surface area (Å²) < 4.78 is 30.5.